The van der Waals surface area contributed by atoms with Crippen molar-refractivity contribution in [3.05, 3.63) is 23.8 Å². The summed E-state index contributed by atoms with van der Waals surface area (Å²) in [6.45, 7) is 7.08. The first-order valence-corrected chi connectivity index (χ1v) is 7.07. The first-order chi connectivity index (χ1) is 9.70. The highest BCUT2D eigenvalue weighted by Gasteiger charge is 2.11. The molecule has 1 heterocycles. The summed E-state index contributed by atoms with van der Waals surface area (Å²) in [5.74, 6) is 1.51. The van der Waals surface area contributed by atoms with Gasteiger partial charge in [0, 0.05) is 25.7 Å². The van der Waals surface area contributed by atoms with Gasteiger partial charge in [-0.3, -0.25) is 4.90 Å². The lowest BCUT2D eigenvalue weighted by molar-refractivity contribution is 0.0321. The Morgan fingerprint density at radius 2 is 2.05 bits per heavy atom. The van der Waals surface area contributed by atoms with Crippen LogP contribution in [0, 0.1) is 0 Å². The van der Waals surface area contributed by atoms with E-state index < -0.39 is 0 Å². The molecule has 0 radical (unpaired) electrons. The Hall–Kier alpha value is -1.30. The van der Waals surface area contributed by atoms with Gasteiger partial charge in [-0.25, -0.2) is 0 Å². The summed E-state index contributed by atoms with van der Waals surface area (Å²) in [6, 6.07) is 5.84. The van der Waals surface area contributed by atoms with Crippen LogP contribution in [0.4, 0.5) is 0 Å². The van der Waals surface area contributed by atoms with Gasteiger partial charge in [0.15, 0.2) is 11.5 Å². The Morgan fingerprint density at radius 3 is 2.70 bits per heavy atom. The normalized spacial score (nSPS) is 17.8. The minimum atomic E-state index is -0.00806. The first-order valence-electron chi connectivity index (χ1n) is 7.07. The van der Waals surface area contributed by atoms with E-state index in [1.54, 1.807) is 7.11 Å². The standard InChI is InChI=1S/C15H24N2O3/c1-12(16)13-3-4-14(15(11-13)18-2)20-10-7-17-5-8-19-9-6-17/h3-4,11-12H,5-10,16H2,1-2H3/t12-/m0/s1. The topological polar surface area (TPSA) is 57.0 Å². The predicted octanol–water partition coefficient (Wildman–Crippen LogP) is 1.43. The second-order valence-electron chi connectivity index (χ2n) is 5.00. The van der Waals surface area contributed by atoms with Gasteiger partial charge in [0.1, 0.15) is 6.61 Å². The van der Waals surface area contributed by atoms with Crippen molar-refractivity contribution in [3.63, 3.8) is 0 Å². The summed E-state index contributed by atoms with van der Waals surface area (Å²) in [5.41, 5.74) is 6.91. The van der Waals surface area contributed by atoms with Crippen molar-refractivity contribution in [2.45, 2.75) is 13.0 Å². The zero-order chi connectivity index (χ0) is 14.4. The average molecular weight is 280 g/mol. The molecule has 2 N–H and O–H groups in total. The van der Waals surface area contributed by atoms with Crippen molar-refractivity contribution >= 4 is 0 Å². The Balaban J connectivity index is 1.88. The van der Waals surface area contributed by atoms with Crippen LogP contribution in [0.25, 0.3) is 0 Å². The van der Waals surface area contributed by atoms with Gasteiger partial charge in [-0.05, 0) is 24.6 Å². The molecule has 0 unspecified atom stereocenters. The predicted molar refractivity (Wildman–Crippen MR) is 78.4 cm³/mol. The van der Waals surface area contributed by atoms with E-state index in [0.717, 1.165) is 49.9 Å². The lowest BCUT2D eigenvalue weighted by Gasteiger charge is -2.26. The lowest BCUT2D eigenvalue weighted by atomic mass is 10.1. The second kappa shape index (κ2) is 7.47. The van der Waals surface area contributed by atoms with Crippen molar-refractivity contribution in [1.82, 2.24) is 4.90 Å². The molecule has 1 fully saturated rings. The third-order valence-corrected chi connectivity index (χ3v) is 3.48. The van der Waals surface area contributed by atoms with Crippen molar-refractivity contribution in [2.75, 3.05) is 46.6 Å². The summed E-state index contributed by atoms with van der Waals surface area (Å²) in [6.07, 6.45) is 0. The maximum atomic E-state index is 5.87. The van der Waals surface area contributed by atoms with Crippen LogP contribution in [-0.4, -0.2) is 51.5 Å². The van der Waals surface area contributed by atoms with Crippen LogP contribution in [0.1, 0.15) is 18.5 Å². The molecule has 1 atom stereocenters. The number of ether oxygens (including phenoxy) is 3. The fourth-order valence-electron chi connectivity index (χ4n) is 2.20. The molecule has 0 aromatic heterocycles. The van der Waals surface area contributed by atoms with Gasteiger partial charge in [0.05, 0.1) is 20.3 Å². The van der Waals surface area contributed by atoms with Gasteiger partial charge in [0.2, 0.25) is 0 Å². The molecular formula is C15H24N2O3. The van der Waals surface area contributed by atoms with E-state index in [9.17, 15) is 0 Å². The van der Waals surface area contributed by atoms with Crippen LogP contribution in [-0.2, 0) is 4.74 Å². The highest BCUT2D eigenvalue weighted by atomic mass is 16.5. The molecule has 1 aromatic rings. The maximum Gasteiger partial charge on any atom is 0.161 e. The molecule has 0 bridgehead atoms. The summed E-state index contributed by atoms with van der Waals surface area (Å²) in [5, 5.41) is 0. The van der Waals surface area contributed by atoms with Gasteiger partial charge in [0.25, 0.3) is 0 Å². The van der Waals surface area contributed by atoms with Crippen LogP contribution >= 0.6 is 0 Å². The van der Waals surface area contributed by atoms with Crippen LogP contribution in [0.3, 0.4) is 0 Å². The van der Waals surface area contributed by atoms with Gasteiger partial charge < -0.3 is 19.9 Å². The largest absolute Gasteiger partial charge is 0.493 e. The van der Waals surface area contributed by atoms with Crippen LogP contribution < -0.4 is 15.2 Å². The van der Waals surface area contributed by atoms with Gasteiger partial charge >= 0.3 is 0 Å². The van der Waals surface area contributed by atoms with Gasteiger partial charge in [-0.1, -0.05) is 6.07 Å². The van der Waals surface area contributed by atoms with Crippen molar-refractivity contribution in [2.24, 2.45) is 5.73 Å². The Labute approximate surface area is 120 Å². The molecule has 0 aliphatic carbocycles. The number of benzene rings is 1. The molecule has 1 aliphatic rings. The third-order valence-electron chi connectivity index (χ3n) is 3.48. The Morgan fingerprint density at radius 1 is 1.30 bits per heavy atom. The molecular weight excluding hydrogens is 256 g/mol. The SMILES string of the molecule is COc1cc([C@H](C)N)ccc1OCCN1CCOCC1. The zero-order valence-corrected chi connectivity index (χ0v) is 12.3. The Kier molecular flexibility index (Phi) is 5.64. The average Bonchev–Trinajstić information content (AvgIpc) is 2.48. The van der Waals surface area contributed by atoms with E-state index in [1.165, 1.54) is 0 Å². The van der Waals surface area contributed by atoms with Crippen LogP contribution in [0.5, 0.6) is 11.5 Å². The minimum Gasteiger partial charge on any atom is -0.493 e. The first kappa shape index (κ1) is 15.1. The van der Waals surface area contributed by atoms with E-state index in [4.69, 9.17) is 19.9 Å². The van der Waals surface area contributed by atoms with Crippen molar-refractivity contribution < 1.29 is 14.2 Å². The van der Waals surface area contributed by atoms with Crippen LogP contribution in [0.15, 0.2) is 18.2 Å². The molecule has 1 aromatic carbocycles. The van der Waals surface area contributed by atoms with E-state index in [0.29, 0.717) is 6.61 Å². The second-order valence-corrected chi connectivity index (χ2v) is 5.00. The fourth-order valence-corrected chi connectivity index (χ4v) is 2.20. The maximum absolute atomic E-state index is 5.87. The number of nitrogens with two attached hydrogens (primary N) is 1. The number of hydrogen-bond acceptors (Lipinski definition) is 5. The molecule has 1 saturated heterocycles. The lowest BCUT2D eigenvalue weighted by Crippen LogP contribution is -2.38. The highest BCUT2D eigenvalue weighted by molar-refractivity contribution is 5.43. The molecule has 2 rings (SSSR count). The number of morpholine rings is 1. The summed E-state index contributed by atoms with van der Waals surface area (Å²) in [7, 11) is 1.65. The molecule has 0 spiro atoms. The molecule has 1 aliphatic heterocycles. The van der Waals surface area contributed by atoms with Crippen molar-refractivity contribution in [1.29, 1.82) is 0 Å². The van der Waals surface area contributed by atoms with E-state index >= 15 is 0 Å². The van der Waals surface area contributed by atoms with Crippen LogP contribution in [0.2, 0.25) is 0 Å². The van der Waals surface area contributed by atoms with Gasteiger partial charge in [-0.2, -0.15) is 0 Å². The monoisotopic (exact) mass is 280 g/mol. The third kappa shape index (κ3) is 4.10. The highest BCUT2D eigenvalue weighted by Crippen LogP contribution is 2.29. The Bertz CT molecular complexity index is 418. The van der Waals surface area contributed by atoms with Gasteiger partial charge in [-0.15, -0.1) is 0 Å². The summed E-state index contributed by atoms with van der Waals surface area (Å²) >= 11 is 0. The molecule has 112 valence electrons. The smallest absolute Gasteiger partial charge is 0.161 e. The number of hydrogen-bond donors (Lipinski definition) is 1. The molecule has 0 saturated carbocycles. The van der Waals surface area contributed by atoms with E-state index in [1.807, 2.05) is 25.1 Å². The number of nitrogens with zero attached hydrogens (tertiary/aromatic N) is 1. The minimum absolute atomic E-state index is 0.00806. The zero-order valence-electron chi connectivity index (χ0n) is 12.3. The molecule has 20 heavy (non-hydrogen) atoms. The fraction of sp³-hybridized carbons (Fsp3) is 0.600. The molecule has 5 nitrogen and oxygen atoms in total. The van der Waals surface area contributed by atoms with E-state index in [2.05, 4.69) is 4.90 Å². The number of methoxy groups -OCH3 is 1. The van der Waals surface area contributed by atoms with E-state index in [-0.39, 0.29) is 6.04 Å². The quantitative estimate of drug-likeness (QED) is 0.854. The molecule has 5 heteroatoms. The summed E-state index contributed by atoms with van der Waals surface area (Å²) in [4.78, 5) is 2.34. The molecule has 0 amide bonds. The number of rotatable bonds is 6. The van der Waals surface area contributed by atoms with Crippen molar-refractivity contribution in [3.8, 4) is 11.5 Å². The summed E-state index contributed by atoms with van der Waals surface area (Å²) < 4.78 is 16.5.